The fraction of sp³-hybridized carbons (Fsp3) is 0.476. The van der Waals surface area contributed by atoms with E-state index < -0.39 is 11.2 Å². The Balaban J connectivity index is 1.59. The molecule has 170 valence electrons. The molecule has 1 N–H and O–H groups in total. The zero-order valence-electron chi connectivity index (χ0n) is 17.9. The molecule has 3 heterocycles. The Morgan fingerprint density at radius 3 is 1.94 bits per heavy atom. The molecule has 2 aliphatic rings. The molecule has 4 rings (SSSR count). The van der Waals surface area contributed by atoms with Gasteiger partial charge in [-0.2, -0.15) is 15.0 Å². The van der Waals surface area contributed by atoms with Gasteiger partial charge in [0.2, 0.25) is 17.8 Å². The second-order valence-corrected chi connectivity index (χ2v) is 8.45. The number of amides is 1. The summed E-state index contributed by atoms with van der Waals surface area (Å²) in [6.45, 7) is 6.45. The van der Waals surface area contributed by atoms with E-state index >= 15 is 0 Å². The third-order valence-corrected chi connectivity index (χ3v) is 6.23. The maximum absolute atomic E-state index is 12.9. The van der Waals surface area contributed by atoms with E-state index in [9.17, 15) is 9.59 Å². The highest BCUT2D eigenvalue weighted by Crippen LogP contribution is 2.26. The van der Waals surface area contributed by atoms with Crippen LogP contribution in [-0.4, -0.2) is 84.5 Å². The van der Waals surface area contributed by atoms with Crippen LogP contribution < -0.4 is 15.1 Å². The molecule has 0 aliphatic carbocycles. The summed E-state index contributed by atoms with van der Waals surface area (Å²) in [5.41, 5.74) is 0.628. The van der Waals surface area contributed by atoms with E-state index in [1.807, 2.05) is 28.0 Å². The molecule has 0 saturated carbocycles. The minimum Gasteiger partial charge on any atom is -0.378 e. The van der Waals surface area contributed by atoms with Gasteiger partial charge in [-0.25, -0.2) is 0 Å². The second-order valence-electron chi connectivity index (χ2n) is 7.38. The number of morpholine rings is 2. The number of rotatable bonds is 7. The van der Waals surface area contributed by atoms with Gasteiger partial charge in [-0.3, -0.25) is 9.59 Å². The van der Waals surface area contributed by atoms with Crippen molar-refractivity contribution >= 4 is 41.0 Å². The van der Waals surface area contributed by atoms with Gasteiger partial charge in [0, 0.05) is 31.9 Å². The van der Waals surface area contributed by atoms with Gasteiger partial charge in [0.1, 0.15) is 5.25 Å². The molecule has 2 fully saturated rings. The summed E-state index contributed by atoms with van der Waals surface area (Å²) in [5, 5.41) is 2.15. The Morgan fingerprint density at radius 1 is 0.906 bits per heavy atom. The number of carbonyl (C=O) groups excluding carboxylic acids is 2. The monoisotopic (exact) mass is 458 g/mol. The lowest BCUT2D eigenvalue weighted by Gasteiger charge is -2.30. The molecule has 0 unspecified atom stereocenters. The standard InChI is InChI=1S/C21H26N6O4S/c1-15(28)17(18(29)22-16-5-3-2-4-6-16)32-21-24-19(26-7-11-30-12-8-26)23-20(25-21)27-9-13-31-14-10-27/h2-6,17H,7-14H2,1H3,(H,22,29)/t17-/m1/s1. The number of para-hydroxylation sites is 1. The van der Waals surface area contributed by atoms with Crippen molar-refractivity contribution in [1.29, 1.82) is 0 Å². The van der Waals surface area contributed by atoms with Crippen molar-refractivity contribution in [2.45, 2.75) is 17.3 Å². The number of benzene rings is 1. The fourth-order valence-corrected chi connectivity index (χ4v) is 4.17. The summed E-state index contributed by atoms with van der Waals surface area (Å²) >= 11 is 1.04. The lowest BCUT2D eigenvalue weighted by atomic mass is 10.2. The van der Waals surface area contributed by atoms with Gasteiger partial charge in [-0.05, 0) is 19.1 Å². The van der Waals surface area contributed by atoms with Gasteiger partial charge in [0.25, 0.3) is 0 Å². The Labute approximate surface area is 190 Å². The summed E-state index contributed by atoms with van der Waals surface area (Å²) in [7, 11) is 0. The highest BCUT2D eigenvalue weighted by molar-refractivity contribution is 8.01. The number of nitrogens with one attached hydrogen (secondary N) is 1. The van der Waals surface area contributed by atoms with Crippen LogP contribution in [-0.2, 0) is 19.1 Å². The number of aromatic nitrogens is 3. The molecule has 1 aromatic carbocycles. The van der Waals surface area contributed by atoms with Crippen LogP contribution in [0.3, 0.4) is 0 Å². The minimum absolute atomic E-state index is 0.273. The van der Waals surface area contributed by atoms with Crippen LogP contribution in [0.1, 0.15) is 6.92 Å². The maximum atomic E-state index is 12.9. The Hall–Kier alpha value is -2.76. The third-order valence-electron chi connectivity index (χ3n) is 5.05. The van der Waals surface area contributed by atoms with Gasteiger partial charge in [-0.15, -0.1) is 0 Å². The van der Waals surface area contributed by atoms with Crippen LogP contribution in [0.4, 0.5) is 17.6 Å². The smallest absolute Gasteiger partial charge is 0.245 e. The molecule has 0 bridgehead atoms. The van der Waals surface area contributed by atoms with Crippen molar-refractivity contribution < 1.29 is 19.1 Å². The summed E-state index contributed by atoms with van der Waals surface area (Å²) in [6, 6.07) is 9.05. The van der Waals surface area contributed by atoms with Crippen LogP contribution in [0.15, 0.2) is 35.5 Å². The van der Waals surface area contributed by atoms with Gasteiger partial charge < -0.3 is 24.6 Å². The normalized spacial score (nSPS) is 17.7. The van der Waals surface area contributed by atoms with Crippen LogP contribution in [0.2, 0.25) is 0 Å². The zero-order valence-corrected chi connectivity index (χ0v) is 18.7. The molecular formula is C21H26N6O4S. The highest BCUT2D eigenvalue weighted by Gasteiger charge is 2.28. The van der Waals surface area contributed by atoms with Crippen molar-refractivity contribution in [3.8, 4) is 0 Å². The molecule has 1 aromatic heterocycles. The molecule has 2 aliphatic heterocycles. The molecule has 2 aromatic rings. The molecule has 2 saturated heterocycles. The lowest BCUT2D eigenvalue weighted by Crippen LogP contribution is -2.40. The predicted octanol–water partition coefficient (Wildman–Crippen LogP) is 1.23. The first-order valence-corrected chi connectivity index (χ1v) is 11.4. The number of thioether (sulfide) groups is 1. The van der Waals surface area contributed by atoms with E-state index in [1.54, 1.807) is 12.1 Å². The third kappa shape index (κ3) is 5.72. The highest BCUT2D eigenvalue weighted by atomic mass is 32.2. The van der Waals surface area contributed by atoms with Gasteiger partial charge in [-0.1, -0.05) is 30.0 Å². The van der Waals surface area contributed by atoms with Gasteiger partial charge in [0.15, 0.2) is 10.9 Å². The summed E-state index contributed by atoms with van der Waals surface area (Å²) in [4.78, 5) is 43.1. The Bertz CT molecular complexity index is 899. The average Bonchev–Trinajstić information content (AvgIpc) is 2.84. The van der Waals surface area contributed by atoms with Crippen molar-refractivity contribution in [1.82, 2.24) is 15.0 Å². The first-order chi connectivity index (χ1) is 15.6. The molecular weight excluding hydrogens is 432 g/mol. The molecule has 10 nitrogen and oxygen atoms in total. The van der Waals surface area contributed by atoms with E-state index in [0.717, 1.165) is 11.8 Å². The molecule has 0 spiro atoms. The topological polar surface area (TPSA) is 110 Å². The SMILES string of the molecule is CC(=O)[C@@H](Sc1nc(N2CCOCC2)nc(N2CCOCC2)n1)C(=O)Nc1ccccc1. The Morgan fingerprint density at radius 2 is 1.44 bits per heavy atom. The van der Waals surface area contributed by atoms with E-state index in [0.29, 0.717) is 75.3 Å². The molecule has 1 atom stereocenters. The number of carbonyl (C=O) groups is 2. The number of ketones is 1. The first kappa shape index (κ1) is 22.4. The van der Waals surface area contributed by atoms with E-state index in [4.69, 9.17) is 9.47 Å². The molecule has 1 amide bonds. The number of hydrogen-bond donors (Lipinski definition) is 1. The minimum atomic E-state index is -0.979. The van der Waals surface area contributed by atoms with Crippen LogP contribution in [0.25, 0.3) is 0 Å². The quantitative estimate of drug-likeness (QED) is 0.480. The number of ether oxygens (including phenoxy) is 2. The van der Waals surface area contributed by atoms with Crippen molar-refractivity contribution in [2.75, 3.05) is 67.7 Å². The average molecular weight is 459 g/mol. The molecule has 0 radical (unpaired) electrons. The maximum Gasteiger partial charge on any atom is 0.245 e. The number of Topliss-reactive ketones (excluding diaryl/α,β-unsaturated/α-hetero) is 1. The fourth-order valence-electron chi connectivity index (χ4n) is 3.35. The zero-order chi connectivity index (χ0) is 22.3. The lowest BCUT2D eigenvalue weighted by molar-refractivity contribution is -0.123. The second kappa shape index (κ2) is 10.7. The van der Waals surface area contributed by atoms with E-state index in [-0.39, 0.29) is 5.78 Å². The summed E-state index contributed by atoms with van der Waals surface area (Å²) in [5.74, 6) is 0.371. The first-order valence-electron chi connectivity index (χ1n) is 10.5. The van der Waals surface area contributed by atoms with E-state index in [1.165, 1.54) is 6.92 Å². The summed E-state index contributed by atoms with van der Waals surface area (Å²) < 4.78 is 10.9. The van der Waals surface area contributed by atoms with Crippen molar-refractivity contribution in [2.24, 2.45) is 0 Å². The van der Waals surface area contributed by atoms with Crippen LogP contribution in [0.5, 0.6) is 0 Å². The molecule has 11 heteroatoms. The van der Waals surface area contributed by atoms with E-state index in [2.05, 4.69) is 20.3 Å². The van der Waals surface area contributed by atoms with Gasteiger partial charge >= 0.3 is 0 Å². The van der Waals surface area contributed by atoms with Crippen molar-refractivity contribution in [3.05, 3.63) is 30.3 Å². The number of anilines is 3. The van der Waals surface area contributed by atoms with Crippen LogP contribution in [0, 0.1) is 0 Å². The number of nitrogens with zero attached hydrogens (tertiary/aromatic N) is 5. The molecule has 32 heavy (non-hydrogen) atoms. The predicted molar refractivity (Wildman–Crippen MR) is 121 cm³/mol. The Kier molecular flexibility index (Phi) is 7.51. The van der Waals surface area contributed by atoms with Gasteiger partial charge in [0.05, 0.1) is 26.4 Å². The van der Waals surface area contributed by atoms with Crippen molar-refractivity contribution in [3.63, 3.8) is 0 Å². The number of hydrogen-bond acceptors (Lipinski definition) is 10. The largest absolute Gasteiger partial charge is 0.378 e. The van der Waals surface area contributed by atoms with Crippen LogP contribution >= 0.6 is 11.8 Å². The summed E-state index contributed by atoms with van der Waals surface area (Å²) in [6.07, 6.45) is 0.